The Hall–Kier alpha value is -1.13. The average Bonchev–Trinajstić information content (AvgIpc) is 3.25. The minimum absolute atomic E-state index is 0.0240. The fraction of sp³-hybridized carbons (Fsp3) is 0.500. The van der Waals surface area contributed by atoms with Crippen molar-refractivity contribution in [2.45, 2.75) is 72.1 Å². The molecular formula is C30H39I2NO3. The van der Waals surface area contributed by atoms with Crippen molar-refractivity contribution in [2.24, 2.45) is 0 Å². The Bertz CT molecular complexity index is 1090. The first-order chi connectivity index (χ1) is 17.5. The molecule has 0 aliphatic rings. The molecule has 0 bridgehead atoms. The van der Waals surface area contributed by atoms with Crippen molar-refractivity contribution in [3.8, 4) is 5.75 Å². The number of nitrogens with zero attached hydrogens (tertiary/aromatic N) is 1. The minimum atomic E-state index is 0.0240. The van der Waals surface area contributed by atoms with Crippen molar-refractivity contribution in [1.29, 1.82) is 0 Å². The summed E-state index contributed by atoms with van der Waals surface area (Å²) in [6.45, 7) is 10.7. The van der Waals surface area contributed by atoms with E-state index in [1.807, 2.05) is 36.4 Å². The Labute approximate surface area is 243 Å². The first-order valence-electron chi connectivity index (χ1n) is 13.4. The van der Waals surface area contributed by atoms with Crippen LogP contribution in [0.25, 0.3) is 11.0 Å². The standard InChI is InChI=1S/C30H39I2NO3/c1-4-7-14-27-28(23-13-10-11-15-26(23)36-27)29(34)22-20-24(31)30(25(32)21-22)35-19-12-18-33(16-8-5-2)17-9-6-3/h10-11,13,15,20-21H,4-9,12,14,16-19H2,1-3H3. The maximum atomic E-state index is 13.7. The number of ketones is 1. The van der Waals surface area contributed by atoms with Crippen LogP contribution >= 0.6 is 45.2 Å². The molecule has 0 atom stereocenters. The molecule has 4 nitrogen and oxygen atoms in total. The third-order valence-corrected chi connectivity index (χ3v) is 8.04. The monoisotopic (exact) mass is 715 g/mol. The molecule has 0 fully saturated rings. The van der Waals surface area contributed by atoms with Gasteiger partial charge in [-0.15, -0.1) is 0 Å². The molecule has 3 aromatic rings. The number of carbonyl (C=O) groups excluding carboxylic acids is 1. The van der Waals surface area contributed by atoms with E-state index in [2.05, 4.69) is 70.9 Å². The predicted molar refractivity (Wildman–Crippen MR) is 167 cm³/mol. The molecule has 0 saturated heterocycles. The van der Waals surface area contributed by atoms with Crippen LogP contribution in [0.3, 0.4) is 0 Å². The van der Waals surface area contributed by atoms with Gasteiger partial charge in [0.15, 0.2) is 5.78 Å². The highest BCUT2D eigenvalue weighted by Crippen LogP contribution is 2.33. The van der Waals surface area contributed by atoms with E-state index < -0.39 is 0 Å². The summed E-state index contributed by atoms with van der Waals surface area (Å²) < 4.78 is 14.3. The smallest absolute Gasteiger partial charge is 0.197 e. The number of benzene rings is 2. The zero-order valence-corrected chi connectivity index (χ0v) is 26.2. The fourth-order valence-electron chi connectivity index (χ4n) is 4.39. The van der Waals surface area contributed by atoms with Crippen molar-refractivity contribution in [1.82, 2.24) is 4.90 Å². The lowest BCUT2D eigenvalue weighted by atomic mass is 9.98. The molecule has 1 aromatic heterocycles. The number of para-hydroxylation sites is 1. The van der Waals surface area contributed by atoms with Crippen molar-refractivity contribution in [3.63, 3.8) is 0 Å². The van der Waals surface area contributed by atoms with Crippen LogP contribution in [0.5, 0.6) is 5.75 Å². The molecule has 1 heterocycles. The Kier molecular flexibility index (Phi) is 12.5. The van der Waals surface area contributed by atoms with E-state index in [9.17, 15) is 4.79 Å². The third kappa shape index (κ3) is 7.93. The zero-order chi connectivity index (χ0) is 25.9. The normalized spacial score (nSPS) is 11.5. The quantitative estimate of drug-likeness (QED) is 0.0845. The second kappa shape index (κ2) is 15.3. The maximum absolute atomic E-state index is 13.7. The number of ether oxygens (including phenoxy) is 1. The second-order valence-corrected chi connectivity index (χ2v) is 11.7. The SMILES string of the molecule is CCCCc1oc2ccccc2c1C(=O)c1cc(I)c(OCCCN(CCCC)CCCC)c(I)c1. The van der Waals surface area contributed by atoms with Crippen LogP contribution in [0, 0.1) is 7.14 Å². The highest BCUT2D eigenvalue weighted by molar-refractivity contribution is 14.1. The van der Waals surface area contributed by atoms with Crippen LogP contribution in [0.2, 0.25) is 0 Å². The largest absolute Gasteiger partial charge is 0.491 e. The molecule has 0 unspecified atom stereocenters. The van der Waals surface area contributed by atoms with Gasteiger partial charge in [0, 0.05) is 23.9 Å². The van der Waals surface area contributed by atoms with E-state index in [-0.39, 0.29) is 5.78 Å². The van der Waals surface area contributed by atoms with Crippen LogP contribution in [0.4, 0.5) is 0 Å². The van der Waals surface area contributed by atoms with Crippen LogP contribution in [0.1, 0.15) is 87.4 Å². The molecule has 3 rings (SSSR count). The van der Waals surface area contributed by atoms with Gasteiger partial charge in [-0.25, -0.2) is 0 Å². The molecule has 0 N–H and O–H groups in total. The lowest BCUT2D eigenvalue weighted by Crippen LogP contribution is -2.28. The number of carbonyl (C=O) groups is 1. The van der Waals surface area contributed by atoms with Gasteiger partial charge in [-0.05, 0) is 102 Å². The van der Waals surface area contributed by atoms with Gasteiger partial charge in [0.05, 0.1) is 19.3 Å². The summed E-state index contributed by atoms with van der Waals surface area (Å²) in [5.74, 6) is 1.70. The Morgan fingerprint density at radius 1 is 0.889 bits per heavy atom. The lowest BCUT2D eigenvalue weighted by molar-refractivity contribution is 0.103. The molecule has 36 heavy (non-hydrogen) atoms. The van der Waals surface area contributed by atoms with Crippen molar-refractivity contribution in [2.75, 3.05) is 26.2 Å². The number of fused-ring (bicyclic) bond motifs is 1. The first kappa shape index (κ1) is 29.4. The minimum Gasteiger partial charge on any atom is -0.491 e. The van der Waals surface area contributed by atoms with Gasteiger partial charge < -0.3 is 14.1 Å². The number of hydrogen-bond acceptors (Lipinski definition) is 4. The van der Waals surface area contributed by atoms with Crippen LogP contribution in [-0.4, -0.2) is 36.9 Å². The highest BCUT2D eigenvalue weighted by Gasteiger charge is 2.23. The highest BCUT2D eigenvalue weighted by atomic mass is 127. The van der Waals surface area contributed by atoms with Crippen molar-refractivity contribution < 1.29 is 13.9 Å². The second-order valence-electron chi connectivity index (χ2n) is 9.35. The van der Waals surface area contributed by atoms with Gasteiger partial charge in [-0.2, -0.15) is 0 Å². The number of rotatable bonds is 16. The van der Waals surface area contributed by atoms with Gasteiger partial charge in [-0.3, -0.25) is 4.79 Å². The average molecular weight is 715 g/mol. The lowest BCUT2D eigenvalue weighted by Gasteiger charge is -2.22. The van der Waals surface area contributed by atoms with Crippen LogP contribution < -0.4 is 4.74 Å². The fourth-order valence-corrected chi connectivity index (χ4v) is 6.47. The number of furan rings is 1. The molecule has 0 aliphatic carbocycles. The number of hydrogen-bond donors (Lipinski definition) is 0. The molecule has 6 heteroatoms. The Morgan fingerprint density at radius 3 is 2.14 bits per heavy atom. The third-order valence-electron chi connectivity index (χ3n) is 6.43. The van der Waals surface area contributed by atoms with Gasteiger partial charge in [0.1, 0.15) is 17.1 Å². The topological polar surface area (TPSA) is 42.7 Å². The molecule has 0 spiro atoms. The van der Waals surface area contributed by atoms with Crippen molar-refractivity contribution in [3.05, 3.63) is 60.4 Å². The van der Waals surface area contributed by atoms with Gasteiger partial charge in [0.2, 0.25) is 0 Å². The molecular weight excluding hydrogens is 676 g/mol. The summed E-state index contributed by atoms with van der Waals surface area (Å²) in [5, 5.41) is 0.898. The van der Waals surface area contributed by atoms with Gasteiger partial charge in [0.25, 0.3) is 0 Å². The Balaban J connectivity index is 1.71. The first-order valence-corrected chi connectivity index (χ1v) is 15.5. The summed E-state index contributed by atoms with van der Waals surface area (Å²) in [4.78, 5) is 16.3. The van der Waals surface area contributed by atoms with Gasteiger partial charge in [-0.1, -0.05) is 58.2 Å². The zero-order valence-electron chi connectivity index (χ0n) is 21.9. The molecule has 0 amide bonds. The molecule has 196 valence electrons. The summed E-state index contributed by atoms with van der Waals surface area (Å²) in [6, 6.07) is 11.8. The molecule has 0 saturated carbocycles. The van der Waals surface area contributed by atoms with E-state index in [0.29, 0.717) is 17.7 Å². The Morgan fingerprint density at radius 2 is 1.50 bits per heavy atom. The summed E-state index contributed by atoms with van der Waals surface area (Å²) in [7, 11) is 0. The van der Waals surface area contributed by atoms with Crippen molar-refractivity contribution >= 4 is 61.9 Å². The number of unbranched alkanes of at least 4 members (excludes halogenated alkanes) is 3. The van der Waals surface area contributed by atoms with Crippen LogP contribution in [0.15, 0.2) is 40.8 Å². The molecule has 0 aliphatic heterocycles. The molecule has 2 aromatic carbocycles. The number of aryl methyl sites for hydroxylation is 1. The van der Waals surface area contributed by atoms with E-state index in [0.717, 1.165) is 61.8 Å². The summed E-state index contributed by atoms with van der Waals surface area (Å²) >= 11 is 4.60. The van der Waals surface area contributed by atoms with E-state index >= 15 is 0 Å². The predicted octanol–water partition coefficient (Wildman–Crippen LogP) is 8.89. The number of halogens is 2. The maximum Gasteiger partial charge on any atom is 0.197 e. The van der Waals surface area contributed by atoms with E-state index in [4.69, 9.17) is 9.15 Å². The summed E-state index contributed by atoms with van der Waals surface area (Å²) in [5.41, 5.74) is 2.17. The van der Waals surface area contributed by atoms with E-state index in [1.54, 1.807) is 0 Å². The molecule has 0 radical (unpaired) electrons. The van der Waals surface area contributed by atoms with Crippen LogP contribution in [-0.2, 0) is 6.42 Å². The van der Waals surface area contributed by atoms with E-state index in [1.165, 1.54) is 38.8 Å². The summed E-state index contributed by atoms with van der Waals surface area (Å²) in [6.07, 6.45) is 8.80. The van der Waals surface area contributed by atoms with Gasteiger partial charge >= 0.3 is 0 Å².